The van der Waals surface area contributed by atoms with E-state index in [0.717, 1.165) is 11.1 Å². The van der Waals surface area contributed by atoms with Crippen molar-refractivity contribution in [2.45, 2.75) is 6.92 Å². The van der Waals surface area contributed by atoms with E-state index in [1.54, 1.807) is 6.92 Å². The summed E-state index contributed by atoms with van der Waals surface area (Å²) in [6.45, 7) is 5.40. The van der Waals surface area contributed by atoms with E-state index in [1.165, 1.54) is 26.9 Å². The van der Waals surface area contributed by atoms with E-state index in [4.69, 9.17) is 4.74 Å². The molecule has 0 aromatic heterocycles. The number of hydrogen-bond donors (Lipinski definition) is 0. The van der Waals surface area contributed by atoms with Crippen molar-refractivity contribution in [1.82, 2.24) is 0 Å². The van der Waals surface area contributed by atoms with Gasteiger partial charge in [-0.2, -0.15) is 0 Å². The molecule has 0 bridgehead atoms. The van der Waals surface area contributed by atoms with Gasteiger partial charge < -0.3 is 4.74 Å². The molecule has 0 amide bonds. The fourth-order valence-corrected chi connectivity index (χ4v) is 3.10. The van der Waals surface area contributed by atoms with Crippen LogP contribution in [-0.2, 0) is 4.79 Å². The number of carbonyl (C=O) groups is 1. The van der Waals surface area contributed by atoms with Crippen molar-refractivity contribution in [1.29, 1.82) is 0 Å². The zero-order valence-corrected chi connectivity index (χ0v) is 12.9. The number of rotatable bonds is 4. The molecule has 0 atom stereocenters. The van der Waals surface area contributed by atoms with Crippen molar-refractivity contribution < 1.29 is 9.53 Å². The SMILES string of the molecule is C=C(C)C(=O)COc1ccc2ccc3cccc4ccc1c2c34. The predicted octanol–water partition coefficient (Wildman–Crippen LogP) is 5.11. The normalized spacial score (nSPS) is 11.3. The Labute approximate surface area is 134 Å². The monoisotopic (exact) mass is 300 g/mol. The van der Waals surface area contributed by atoms with Crippen LogP contribution in [0.15, 0.2) is 66.7 Å². The summed E-state index contributed by atoms with van der Waals surface area (Å²) < 4.78 is 5.78. The van der Waals surface area contributed by atoms with E-state index in [2.05, 4.69) is 55.1 Å². The van der Waals surface area contributed by atoms with Crippen LogP contribution in [0, 0.1) is 0 Å². The van der Waals surface area contributed by atoms with Gasteiger partial charge in [-0.05, 0) is 46.2 Å². The van der Waals surface area contributed by atoms with Crippen molar-refractivity contribution in [3.05, 3.63) is 66.7 Å². The first-order chi connectivity index (χ1) is 11.1. The zero-order valence-electron chi connectivity index (χ0n) is 12.9. The highest BCUT2D eigenvalue weighted by Gasteiger charge is 2.12. The third-order valence-corrected chi connectivity index (χ3v) is 4.32. The quantitative estimate of drug-likeness (QED) is 0.387. The Morgan fingerprint density at radius 3 is 2.22 bits per heavy atom. The van der Waals surface area contributed by atoms with Gasteiger partial charge in [0.1, 0.15) is 5.75 Å². The molecule has 4 aromatic carbocycles. The van der Waals surface area contributed by atoms with Gasteiger partial charge >= 0.3 is 0 Å². The molecule has 2 nitrogen and oxygen atoms in total. The molecule has 23 heavy (non-hydrogen) atoms. The Hall–Kier alpha value is -2.87. The van der Waals surface area contributed by atoms with Gasteiger partial charge in [-0.25, -0.2) is 0 Å². The number of Topliss-reactive ketones (excluding diaryl/α,β-unsaturated/α-hetero) is 1. The van der Waals surface area contributed by atoms with Gasteiger partial charge in [0.25, 0.3) is 0 Å². The molecule has 4 rings (SSSR count). The van der Waals surface area contributed by atoms with E-state index in [0.29, 0.717) is 5.57 Å². The van der Waals surface area contributed by atoms with Gasteiger partial charge in [0.05, 0.1) is 0 Å². The molecule has 112 valence electrons. The van der Waals surface area contributed by atoms with Gasteiger partial charge in [0.15, 0.2) is 12.4 Å². The highest BCUT2D eigenvalue weighted by atomic mass is 16.5. The maximum Gasteiger partial charge on any atom is 0.195 e. The summed E-state index contributed by atoms with van der Waals surface area (Å²) >= 11 is 0. The van der Waals surface area contributed by atoms with Crippen LogP contribution in [0.1, 0.15) is 6.92 Å². The van der Waals surface area contributed by atoms with E-state index >= 15 is 0 Å². The van der Waals surface area contributed by atoms with Crippen molar-refractivity contribution in [3.8, 4) is 5.75 Å². The van der Waals surface area contributed by atoms with Gasteiger partial charge in [0, 0.05) is 10.8 Å². The second kappa shape index (κ2) is 5.10. The van der Waals surface area contributed by atoms with E-state index in [-0.39, 0.29) is 12.4 Å². The number of ketones is 1. The summed E-state index contributed by atoms with van der Waals surface area (Å²) in [5, 5.41) is 7.11. The maximum absolute atomic E-state index is 11.8. The Morgan fingerprint density at radius 2 is 1.52 bits per heavy atom. The lowest BCUT2D eigenvalue weighted by Crippen LogP contribution is -2.11. The summed E-state index contributed by atoms with van der Waals surface area (Å²) in [6, 6.07) is 18.8. The Balaban J connectivity index is 1.93. The molecular weight excluding hydrogens is 284 g/mol. The average Bonchev–Trinajstić information content (AvgIpc) is 2.58. The number of benzene rings is 4. The number of hydrogen-bond acceptors (Lipinski definition) is 2. The summed E-state index contributed by atoms with van der Waals surface area (Å²) in [5.41, 5.74) is 0.516. The van der Waals surface area contributed by atoms with Crippen LogP contribution in [0.5, 0.6) is 5.75 Å². The van der Waals surface area contributed by atoms with Gasteiger partial charge in [-0.15, -0.1) is 0 Å². The first kappa shape index (κ1) is 13.8. The largest absolute Gasteiger partial charge is 0.485 e. The molecular formula is C21H16O2. The molecule has 0 aliphatic heterocycles. The molecule has 0 spiro atoms. The summed E-state index contributed by atoms with van der Waals surface area (Å²) in [7, 11) is 0. The van der Waals surface area contributed by atoms with Crippen LogP contribution >= 0.6 is 0 Å². The zero-order chi connectivity index (χ0) is 16.0. The van der Waals surface area contributed by atoms with Crippen LogP contribution in [0.2, 0.25) is 0 Å². The molecule has 0 N–H and O–H groups in total. The third-order valence-electron chi connectivity index (χ3n) is 4.32. The van der Waals surface area contributed by atoms with E-state index in [1.807, 2.05) is 6.07 Å². The first-order valence-corrected chi connectivity index (χ1v) is 7.63. The highest BCUT2D eigenvalue weighted by Crippen LogP contribution is 2.38. The molecule has 0 heterocycles. The lowest BCUT2D eigenvalue weighted by atomic mass is 9.94. The lowest BCUT2D eigenvalue weighted by molar-refractivity contribution is -0.117. The molecule has 0 aliphatic rings. The fraction of sp³-hybridized carbons (Fsp3) is 0.0952. The second-order valence-corrected chi connectivity index (χ2v) is 5.91. The van der Waals surface area contributed by atoms with Crippen LogP contribution in [0.25, 0.3) is 32.3 Å². The molecule has 0 unspecified atom stereocenters. The minimum Gasteiger partial charge on any atom is -0.485 e. The predicted molar refractivity (Wildman–Crippen MR) is 95.5 cm³/mol. The second-order valence-electron chi connectivity index (χ2n) is 5.91. The third kappa shape index (κ3) is 2.15. The Kier molecular flexibility index (Phi) is 3.05. The van der Waals surface area contributed by atoms with Crippen LogP contribution in [0.3, 0.4) is 0 Å². The van der Waals surface area contributed by atoms with Gasteiger partial charge in [-0.1, -0.05) is 49.0 Å². The standard InChI is InChI=1S/C21H16O2/c1-13(2)18(22)12-23-19-11-9-16-7-6-14-4-3-5-15-8-10-17(19)21(16)20(14)15/h3-11H,1,12H2,2H3. The first-order valence-electron chi connectivity index (χ1n) is 7.63. The molecule has 0 saturated carbocycles. The Bertz CT molecular complexity index is 1040. The van der Waals surface area contributed by atoms with E-state index < -0.39 is 0 Å². The Morgan fingerprint density at radius 1 is 0.913 bits per heavy atom. The molecule has 0 aliphatic carbocycles. The van der Waals surface area contributed by atoms with Crippen molar-refractivity contribution in [2.24, 2.45) is 0 Å². The fourth-order valence-electron chi connectivity index (χ4n) is 3.10. The summed E-state index contributed by atoms with van der Waals surface area (Å²) in [6.07, 6.45) is 0. The summed E-state index contributed by atoms with van der Waals surface area (Å²) in [5.74, 6) is 0.668. The summed E-state index contributed by atoms with van der Waals surface area (Å²) in [4.78, 5) is 11.8. The van der Waals surface area contributed by atoms with Crippen molar-refractivity contribution in [2.75, 3.05) is 6.61 Å². The highest BCUT2D eigenvalue weighted by molar-refractivity contribution is 6.24. The topological polar surface area (TPSA) is 26.3 Å². The number of carbonyl (C=O) groups excluding carboxylic acids is 1. The molecule has 2 heteroatoms. The van der Waals surface area contributed by atoms with Crippen LogP contribution in [-0.4, -0.2) is 12.4 Å². The molecule has 4 aromatic rings. The molecule has 0 radical (unpaired) electrons. The number of ether oxygens (including phenoxy) is 1. The smallest absolute Gasteiger partial charge is 0.195 e. The maximum atomic E-state index is 11.8. The van der Waals surface area contributed by atoms with Gasteiger partial charge in [0.2, 0.25) is 0 Å². The van der Waals surface area contributed by atoms with Crippen molar-refractivity contribution in [3.63, 3.8) is 0 Å². The minimum absolute atomic E-state index is 0.0271. The minimum atomic E-state index is -0.0734. The lowest BCUT2D eigenvalue weighted by Gasteiger charge is -2.14. The van der Waals surface area contributed by atoms with Crippen molar-refractivity contribution >= 4 is 38.1 Å². The molecule has 0 fully saturated rings. The average molecular weight is 300 g/mol. The molecule has 0 saturated heterocycles. The van der Waals surface area contributed by atoms with Crippen LogP contribution in [0.4, 0.5) is 0 Å². The van der Waals surface area contributed by atoms with Gasteiger partial charge in [-0.3, -0.25) is 4.79 Å². The van der Waals surface area contributed by atoms with E-state index in [9.17, 15) is 4.79 Å². The van der Waals surface area contributed by atoms with Crippen LogP contribution < -0.4 is 4.74 Å².